The van der Waals surface area contributed by atoms with Gasteiger partial charge in [-0.1, -0.05) is 36.1 Å². The van der Waals surface area contributed by atoms with Crippen LogP contribution in [0.5, 0.6) is 11.5 Å². The van der Waals surface area contributed by atoms with Gasteiger partial charge in [-0.3, -0.25) is 0 Å². The van der Waals surface area contributed by atoms with E-state index < -0.39 is 0 Å². The van der Waals surface area contributed by atoms with E-state index >= 15 is 0 Å². The third-order valence-electron chi connectivity index (χ3n) is 4.98. The number of rotatable bonds is 0. The molecule has 1 heterocycles. The number of hydrogen-bond donors (Lipinski definition) is 0. The quantitative estimate of drug-likeness (QED) is 0.400. The molecule has 0 fully saturated rings. The average Bonchev–Trinajstić information content (AvgIpc) is 2.92. The normalized spacial score (nSPS) is 12.1. The summed E-state index contributed by atoms with van der Waals surface area (Å²) in [6.45, 7) is 0.169. The summed E-state index contributed by atoms with van der Waals surface area (Å²) < 4.78 is 11.8. The average molecular weight is 346 g/mol. The van der Waals surface area contributed by atoms with Crippen molar-refractivity contribution in [3.63, 3.8) is 0 Å². The van der Waals surface area contributed by atoms with Crippen LogP contribution in [0.15, 0.2) is 60.7 Å². The van der Waals surface area contributed by atoms with Gasteiger partial charge in [-0.2, -0.15) is 0 Å². The molecule has 4 aromatic rings. The maximum atomic E-state index is 5.89. The standard InChI is InChI=1S/C25H14O2/c1-3-16-5-9-20-18(13-16)7-11-22-24(20)25-21-10-6-17(4-2)14-19(21)8-12-23(25)27-15-26-22/h1-2,5-14H,15H2. The molecule has 0 atom stereocenters. The number of terminal acetylenes is 2. The van der Waals surface area contributed by atoms with E-state index in [-0.39, 0.29) is 6.79 Å². The summed E-state index contributed by atoms with van der Waals surface area (Å²) in [4.78, 5) is 0. The van der Waals surface area contributed by atoms with Crippen LogP contribution in [-0.2, 0) is 0 Å². The van der Waals surface area contributed by atoms with Gasteiger partial charge in [0, 0.05) is 22.3 Å². The van der Waals surface area contributed by atoms with E-state index in [1.54, 1.807) is 0 Å². The molecule has 0 radical (unpaired) electrons. The summed E-state index contributed by atoms with van der Waals surface area (Å²) in [7, 11) is 0. The van der Waals surface area contributed by atoms with Gasteiger partial charge in [-0.25, -0.2) is 0 Å². The fourth-order valence-corrected chi connectivity index (χ4v) is 3.71. The van der Waals surface area contributed by atoms with Gasteiger partial charge in [0.2, 0.25) is 6.79 Å². The monoisotopic (exact) mass is 346 g/mol. The van der Waals surface area contributed by atoms with Crippen LogP contribution < -0.4 is 9.47 Å². The zero-order valence-corrected chi connectivity index (χ0v) is 14.5. The minimum absolute atomic E-state index is 0.169. The van der Waals surface area contributed by atoms with E-state index in [1.165, 1.54) is 0 Å². The first-order chi connectivity index (χ1) is 13.3. The van der Waals surface area contributed by atoms with E-state index in [4.69, 9.17) is 22.3 Å². The molecule has 126 valence electrons. The highest BCUT2D eigenvalue weighted by Gasteiger charge is 2.21. The van der Waals surface area contributed by atoms with E-state index in [0.29, 0.717) is 0 Å². The van der Waals surface area contributed by atoms with Crippen LogP contribution in [0.3, 0.4) is 0 Å². The minimum atomic E-state index is 0.169. The number of hydrogen-bond acceptors (Lipinski definition) is 2. The smallest absolute Gasteiger partial charge is 0.230 e. The highest BCUT2D eigenvalue weighted by molar-refractivity contribution is 6.10. The Morgan fingerprint density at radius 3 is 1.56 bits per heavy atom. The van der Waals surface area contributed by atoms with Crippen LogP contribution in [0.1, 0.15) is 11.1 Å². The Morgan fingerprint density at radius 1 is 0.630 bits per heavy atom. The molecule has 1 aliphatic rings. The van der Waals surface area contributed by atoms with Gasteiger partial charge in [-0.15, -0.1) is 12.8 Å². The van der Waals surface area contributed by atoms with Gasteiger partial charge in [0.1, 0.15) is 11.5 Å². The van der Waals surface area contributed by atoms with Gasteiger partial charge in [-0.05, 0) is 57.9 Å². The van der Waals surface area contributed by atoms with Crippen LogP contribution in [0.25, 0.3) is 32.7 Å². The molecule has 0 spiro atoms. The van der Waals surface area contributed by atoms with Crippen LogP contribution >= 0.6 is 0 Å². The Kier molecular flexibility index (Phi) is 3.32. The second kappa shape index (κ2) is 5.84. The number of ether oxygens (including phenoxy) is 2. The lowest BCUT2D eigenvalue weighted by Gasteiger charge is -2.14. The Balaban J connectivity index is 1.93. The predicted octanol–water partition coefficient (Wildman–Crippen LogP) is 5.35. The maximum absolute atomic E-state index is 5.89. The zero-order valence-electron chi connectivity index (χ0n) is 14.5. The molecule has 5 rings (SSSR count). The summed E-state index contributed by atoms with van der Waals surface area (Å²) in [5.74, 6) is 6.99. The van der Waals surface area contributed by atoms with Crippen molar-refractivity contribution in [1.82, 2.24) is 0 Å². The molecular weight excluding hydrogens is 332 g/mol. The third-order valence-corrected chi connectivity index (χ3v) is 4.98. The molecule has 0 aromatic heterocycles. The molecule has 2 heteroatoms. The lowest BCUT2D eigenvalue weighted by Crippen LogP contribution is -2.03. The Morgan fingerprint density at radius 2 is 1.11 bits per heavy atom. The van der Waals surface area contributed by atoms with Gasteiger partial charge >= 0.3 is 0 Å². The van der Waals surface area contributed by atoms with Crippen molar-refractivity contribution in [2.24, 2.45) is 0 Å². The molecule has 1 aliphatic heterocycles. The van der Waals surface area contributed by atoms with Crippen LogP contribution in [0, 0.1) is 24.7 Å². The first-order valence-electron chi connectivity index (χ1n) is 8.61. The first-order valence-corrected chi connectivity index (χ1v) is 8.61. The minimum Gasteiger partial charge on any atom is -0.457 e. The molecule has 0 unspecified atom stereocenters. The van der Waals surface area contributed by atoms with Crippen molar-refractivity contribution in [2.45, 2.75) is 0 Å². The van der Waals surface area contributed by atoms with Crippen molar-refractivity contribution >= 4 is 21.5 Å². The van der Waals surface area contributed by atoms with Crippen molar-refractivity contribution in [1.29, 1.82) is 0 Å². The summed E-state index contributed by atoms with van der Waals surface area (Å²) >= 11 is 0. The topological polar surface area (TPSA) is 18.5 Å². The summed E-state index contributed by atoms with van der Waals surface area (Å²) in [5.41, 5.74) is 3.74. The highest BCUT2D eigenvalue weighted by atomic mass is 16.7. The Hall–Kier alpha value is -3.88. The molecule has 27 heavy (non-hydrogen) atoms. The number of benzene rings is 4. The van der Waals surface area contributed by atoms with Gasteiger partial charge < -0.3 is 9.47 Å². The van der Waals surface area contributed by atoms with E-state index in [9.17, 15) is 0 Å². The van der Waals surface area contributed by atoms with Crippen LogP contribution in [-0.4, -0.2) is 6.79 Å². The third kappa shape index (κ3) is 2.32. The molecule has 0 aliphatic carbocycles. The van der Waals surface area contributed by atoms with Crippen molar-refractivity contribution in [3.8, 4) is 47.3 Å². The van der Waals surface area contributed by atoms with E-state index in [2.05, 4.69) is 24.0 Å². The molecule has 0 bridgehead atoms. The molecular formula is C25H14O2. The second-order valence-corrected chi connectivity index (χ2v) is 6.44. The lowest BCUT2D eigenvalue weighted by atomic mass is 9.91. The zero-order chi connectivity index (χ0) is 18.4. The lowest BCUT2D eigenvalue weighted by molar-refractivity contribution is 0.125. The SMILES string of the molecule is C#Cc1ccc2c3c(ccc2c1)OCOc1ccc2cc(C#C)ccc2c1-3. The van der Waals surface area contributed by atoms with Crippen molar-refractivity contribution in [2.75, 3.05) is 6.79 Å². The fraction of sp³-hybridized carbons (Fsp3) is 0.0400. The van der Waals surface area contributed by atoms with Crippen LogP contribution in [0.2, 0.25) is 0 Å². The first kappa shape index (κ1) is 15.4. The molecule has 4 aromatic carbocycles. The summed E-state index contributed by atoms with van der Waals surface area (Å²) in [5, 5.41) is 4.29. The molecule has 0 saturated carbocycles. The van der Waals surface area contributed by atoms with E-state index in [1.807, 2.05) is 48.5 Å². The fourth-order valence-electron chi connectivity index (χ4n) is 3.71. The second-order valence-electron chi connectivity index (χ2n) is 6.44. The molecule has 0 amide bonds. The van der Waals surface area contributed by atoms with Crippen molar-refractivity contribution in [3.05, 3.63) is 71.8 Å². The highest BCUT2D eigenvalue weighted by Crippen LogP contribution is 2.47. The predicted molar refractivity (Wildman–Crippen MR) is 109 cm³/mol. The summed E-state index contributed by atoms with van der Waals surface area (Å²) in [6, 6.07) is 20.1. The van der Waals surface area contributed by atoms with E-state index in [0.717, 1.165) is 55.3 Å². The van der Waals surface area contributed by atoms with Crippen molar-refractivity contribution < 1.29 is 9.47 Å². The maximum Gasteiger partial charge on any atom is 0.230 e. The van der Waals surface area contributed by atoms with Gasteiger partial charge in [0.15, 0.2) is 0 Å². The van der Waals surface area contributed by atoms with Crippen LogP contribution in [0.4, 0.5) is 0 Å². The van der Waals surface area contributed by atoms with Gasteiger partial charge in [0.05, 0.1) is 0 Å². The molecule has 2 nitrogen and oxygen atoms in total. The Bertz CT molecular complexity index is 1210. The molecule has 0 saturated heterocycles. The largest absolute Gasteiger partial charge is 0.457 e. The summed E-state index contributed by atoms with van der Waals surface area (Å²) in [6.07, 6.45) is 11.1. The Labute approximate surface area is 157 Å². The van der Waals surface area contributed by atoms with Gasteiger partial charge in [0.25, 0.3) is 0 Å². The number of fused-ring (bicyclic) bond motifs is 7. The molecule has 0 N–H and O–H groups in total.